The number of ether oxygens (including phenoxy) is 1. The van der Waals surface area contributed by atoms with Gasteiger partial charge in [-0.1, -0.05) is 18.2 Å². The number of esters is 1. The van der Waals surface area contributed by atoms with E-state index < -0.39 is 22.5 Å². The second kappa shape index (κ2) is 8.89. The standard InChI is InChI=1S/C20H21N3O5S/c1-28-20(25)14-21-29(26,27)17-8-6-16(7-9-17)22-19(24)11-13-23-12-10-15-4-2-3-5-18(15)23/h2-10,12,21H,11,13-14H2,1H3,(H,22,24). The molecule has 0 spiro atoms. The van der Waals surface area contributed by atoms with Crippen LogP contribution in [0.2, 0.25) is 0 Å². The summed E-state index contributed by atoms with van der Waals surface area (Å²) in [7, 11) is -2.66. The number of para-hydroxylation sites is 1. The quantitative estimate of drug-likeness (QED) is 0.548. The predicted octanol–water partition coefficient (Wildman–Crippen LogP) is 2.12. The minimum atomic E-state index is -3.84. The van der Waals surface area contributed by atoms with Gasteiger partial charge < -0.3 is 14.6 Å². The average molecular weight is 415 g/mol. The smallest absolute Gasteiger partial charge is 0.320 e. The van der Waals surface area contributed by atoms with Crippen molar-refractivity contribution in [3.05, 3.63) is 60.8 Å². The molecule has 0 fully saturated rings. The van der Waals surface area contributed by atoms with Crippen LogP contribution in [0.4, 0.5) is 5.69 Å². The summed E-state index contributed by atoms with van der Waals surface area (Å²) in [6, 6.07) is 15.6. The molecule has 0 aliphatic rings. The molecule has 1 heterocycles. The number of nitrogens with one attached hydrogen (secondary N) is 2. The number of amides is 1. The second-order valence-corrected chi connectivity index (χ2v) is 8.06. The van der Waals surface area contributed by atoms with Gasteiger partial charge in [0.2, 0.25) is 15.9 Å². The van der Waals surface area contributed by atoms with Crippen molar-refractivity contribution in [1.29, 1.82) is 0 Å². The number of aromatic nitrogens is 1. The first-order chi connectivity index (χ1) is 13.9. The lowest BCUT2D eigenvalue weighted by Crippen LogP contribution is -2.30. The lowest BCUT2D eigenvalue weighted by Gasteiger charge is -2.09. The normalized spacial score (nSPS) is 11.3. The van der Waals surface area contributed by atoms with Crippen LogP contribution in [-0.4, -0.2) is 38.5 Å². The Morgan fingerprint density at radius 2 is 1.76 bits per heavy atom. The highest BCUT2D eigenvalue weighted by atomic mass is 32.2. The summed E-state index contributed by atoms with van der Waals surface area (Å²) >= 11 is 0. The zero-order valence-corrected chi connectivity index (χ0v) is 16.6. The molecule has 0 aliphatic heterocycles. The van der Waals surface area contributed by atoms with Gasteiger partial charge in [0.05, 0.1) is 12.0 Å². The molecule has 29 heavy (non-hydrogen) atoms. The van der Waals surface area contributed by atoms with Crippen LogP contribution in [0.3, 0.4) is 0 Å². The van der Waals surface area contributed by atoms with Crippen LogP contribution in [0.5, 0.6) is 0 Å². The Kier molecular flexibility index (Phi) is 6.30. The summed E-state index contributed by atoms with van der Waals surface area (Å²) in [4.78, 5) is 23.3. The third-order valence-electron chi connectivity index (χ3n) is 4.34. The minimum Gasteiger partial charge on any atom is -0.468 e. The van der Waals surface area contributed by atoms with E-state index in [1.54, 1.807) is 0 Å². The number of benzene rings is 2. The summed E-state index contributed by atoms with van der Waals surface area (Å²) in [5.74, 6) is -0.866. The molecule has 3 aromatic rings. The lowest BCUT2D eigenvalue weighted by atomic mass is 10.2. The predicted molar refractivity (Wildman–Crippen MR) is 109 cm³/mol. The monoisotopic (exact) mass is 415 g/mol. The summed E-state index contributed by atoms with van der Waals surface area (Å²) < 4.78 is 32.8. The van der Waals surface area contributed by atoms with Crippen molar-refractivity contribution in [3.63, 3.8) is 0 Å². The molecule has 9 heteroatoms. The third-order valence-corrected chi connectivity index (χ3v) is 5.76. The van der Waals surface area contributed by atoms with Gasteiger partial charge in [-0.3, -0.25) is 9.59 Å². The third kappa shape index (κ3) is 5.21. The molecule has 2 aromatic carbocycles. The molecule has 152 valence electrons. The van der Waals surface area contributed by atoms with Gasteiger partial charge in [-0.2, -0.15) is 4.72 Å². The maximum Gasteiger partial charge on any atom is 0.320 e. The van der Waals surface area contributed by atoms with Gasteiger partial charge in [-0.05, 0) is 41.8 Å². The fourth-order valence-corrected chi connectivity index (χ4v) is 3.78. The van der Waals surface area contributed by atoms with Crippen LogP contribution in [0, 0.1) is 0 Å². The maximum atomic E-state index is 12.2. The first-order valence-electron chi connectivity index (χ1n) is 8.89. The van der Waals surface area contributed by atoms with E-state index in [-0.39, 0.29) is 17.2 Å². The largest absolute Gasteiger partial charge is 0.468 e. The topological polar surface area (TPSA) is 106 Å². The fraction of sp³-hybridized carbons (Fsp3) is 0.200. The van der Waals surface area contributed by atoms with Crippen LogP contribution in [0.25, 0.3) is 10.9 Å². The molecule has 0 bridgehead atoms. The molecule has 0 unspecified atom stereocenters. The Balaban J connectivity index is 1.56. The molecule has 0 atom stereocenters. The summed E-state index contributed by atoms with van der Waals surface area (Å²) in [5.41, 5.74) is 1.55. The molecular weight excluding hydrogens is 394 g/mol. The number of sulfonamides is 1. The van der Waals surface area contributed by atoms with Crippen molar-refractivity contribution in [2.24, 2.45) is 0 Å². The zero-order valence-electron chi connectivity index (χ0n) is 15.8. The first kappa shape index (κ1) is 20.6. The minimum absolute atomic E-state index is 0.0155. The number of nitrogens with zero attached hydrogens (tertiary/aromatic N) is 1. The number of methoxy groups -OCH3 is 1. The molecule has 1 amide bonds. The number of carbonyl (C=O) groups is 2. The number of carbonyl (C=O) groups excluding carboxylic acids is 2. The summed E-state index contributed by atoms with van der Waals surface area (Å²) in [6.45, 7) is 0.0780. The van der Waals surface area contributed by atoms with Gasteiger partial charge in [0, 0.05) is 30.4 Å². The Labute approximate surface area is 168 Å². The van der Waals surface area contributed by atoms with E-state index in [2.05, 4.69) is 14.8 Å². The van der Waals surface area contributed by atoms with Gasteiger partial charge in [-0.25, -0.2) is 8.42 Å². The average Bonchev–Trinajstić information content (AvgIpc) is 3.14. The van der Waals surface area contributed by atoms with Crippen molar-refractivity contribution in [2.75, 3.05) is 19.0 Å². The molecule has 2 N–H and O–H groups in total. The Bertz CT molecular complexity index is 1120. The number of fused-ring (bicyclic) bond motifs is 1. The van der Waals surface area contributed by atoms with Gasteiger partial charge >= 0.3 is 5.97 Å². The van der Waals surface area contributed by atoms with E-state index >= 15 is 0 Å². The molecule has 8 nitrogen and oxygen atoms in total. The molecule has 0 saturated heterocycles. The van der Waals surface area contributed by atoms with E-state index in [9.17, 15) is 18.0 Å². The van der Waals surface area contributed by atoms with E-state index in [4.69, 9.17) is 0 Å². The second-order valence-electron chi connectivity index (χ2n) is 6.29. The van der Waals surface area contributed by atoms with Crippen molar-refractivity contribution < 1.29 is 22.7 Å². The highest BCUT2D eigenvalue weighted by Crippen LogP contribution is 2.17. The molecule has 0 aliphatic carbocycles. The Hall–Kier alpha value is -3.17. The Morgan fingerprint density at radius 1 is 1.03 bits per heavy atom. The van der Waals surface area contributed by atoms with Gasteiger partial charge in [0.15, 0.2) is 0 Å². The van der Waals surface area contributed by atoms with Crippen molar-refractivity contribution in [2.45, 2.75) is 17.9 Å². The summed E-state index contributed by atoms with van der Waals surface area (Å²) in [5, 5.41) is 3.87. The van der Waals surface area contributed by atoms with Gasteiger partial charge in [0.25, 0.3) is 0 Å². The van der Waals surface area contributed by atoms with Crippen molar-refractivity contribution in [3.8, 4) is 0 Å². The number of rotatable bonds is 8. The van der Waals surface area contributed by atoms with Gasteiger partial charge in [-0.15, -0.1) is 0 Å². The zero-order chi connectivity index (χ0) is 20.9. The van der Waals surface area contributed by atoms with Crippen LogP contribution in [0.15, 0.2) is 65.7 Å². The van der Waals surface area contributed by atoms with Crippen LogP contribution >= 0.6 is 0 Å². The van der Waals surface area contributed by atoms with Crippen LogP contribution < -0.4 is 10.0 Å². The number of hydrogen-bond donors (Lipinski definition) is 2. The molecule has 1 aromatic heterocycles. The van der Waals surface area contributed by atoms with Crippen molar-refractivity contribution >= 4 is 38.5 Å². The van der Waals surface area contributed by atoms with E-state index in [1.807, 2.05) is 41.1 Å². The van der Waals surface area contributed by atoms with E-state index in [0.717, 1.165) is 10.9 Å². The van der Waals surface area contributed by atoms with Gasteiger partial charge in [0.1, 0.15) is 6.54 Å². The first-order valence-corrected chi connectivity index (χ1v) is 10.4. The Morgan fingerprint density at radius 3 is 2.48 bits per heavy atom. The number of anilines is 1. The molecule has 3 rings (SSSR count). The molecular formula is C20H21N3O5S. The van der Waals surface area contributed by atoms with Crippen molar-refractivity contribution in [1.82, 2.24) is 9.29 Å². The van der Waals surface area contributed by atoms with Crippen LogP contribution in [0.1, 0.15) is 6.42 Å². The van der Waals surface area contributed by atoms with E-state index in [0.29, 0.717) is 12.2 Å². The number of hydrogen-bond acceptors (Lipinski definition) is 5. The fourth-order valence-electron chi connectivity index (χ4n) is 2.81. The summed E-state index contributed by atoms with van der Waals surface area (Å²) in [6.07, 6.45) is 2.22. The maximum absolute atomic E-state index is 12.2. The highest BCUT2D eigenvalue weighted by molar-refractivity contribution is 7.89. The van der Waals surface area contributed by atoms with Crippen LogP contribution in [-0.2, 0) is 30.9 Å². The highest BCUT2D eigenvalue weighted by Gasteiger charge is 2.15. The van der Waals surface area contributed by atoms with E-state index in [1.165, 1.54) is 31.4 Å². The molecule has 0 saturated carbocycles. The SMILES string of the molecule is COC(=O)CNS(=O)(=O)c1ccc(NC(=O)CCn2ccc3ccccc32)cc1. The number of aryl methyl sites for hydroxylation is 1. The molecule has 0 radical (unpaired) electrons. The lowest BCUT2D eigenvalue weighted by molar-refractivity contribution is -0.139.